The number of nitrogens with zero attached hydrogens (tertiary/aromatic N) is 1. The van der Waals surface area contributed by atoms with Gasteiger partial charge in [-0.15, -0.1) is 0 Å². The van der Waals surface area contributed by atoms with Gasteiger partial charge in [0, 0.05) is 6.54 Å². The van der Waals surface area contributed by atoms with Gasteiger partial charge in [0.25, 0.3) is 15.9 Å². The molecule has 0 fully saturated rings. The highest BCUT2D eigenvalue weighted by Crippen LogP contribution is 2.29. The number of para-hydroxylation sites is 1. The molecule has 0 aliphatic heterocycles. The summed E-state index contributed by atoms with van der Waals surface area (Å²) in [5, 5.41) is 2.99. The van der Waals surface area contributed by atoms with E-state index in [1.165, 1.54) is 4.31 Å². The van der Waals surface area contributed by atoms with Gasteiger partial charge in [0.05, 0.1) is 22.7 Å². The van der Waals surface area contributed by atoms with E-state index in [2.05, 4.69) is 5.32 Å². The summed E-state index contributed by atoms with van der Waals surface area (Å²) in [5.41, 5.74) is 3.56. The van der Waals surface area contributed by atoms with E-state index in [9.17, 15) is 13.2 Å². The third-order valence-electron chi connectivity index (χ3n) is 6.13. The Labute approximate surface area is 213 Å². The molecule has 0 radical (unpaired) electrons. The molecular weight excluding hydrogens is 468 g/mol. The highest BCUT2D eigenvalue weighted by Gasteiger charge is 2.28. The molecule has 0 heterocycles. The number of carbonyl (C=O) groups excluding carboxylic acids is 1. The van der Waals surface area contributed by atoms with Crippen LogP contribution in [0.4, 0.5) is 5.69 Å². The normalized spacial score (nSPS) is 12.1. The summed E-state index contributed by atoms with van der Waals surface area (Å²) in [5.74, 6) is -0.204. The predicted octanol–water partition coefficient (Wildman–Crippen LogP) is 5.92. The minimum absolute atomic E-state index is 0.0990. The monoisotopic (exact) mass is 498 g/mol. The predicted molar refractivity (Wildman–Crippen MR) is 145 cm³/mol. The molecule has 4 aromatic rings. The maximum atomic E-state index is 13.9. The van der Waals surface area contributed by atoms with Crippen LogP contribution in [0.1, 0.15) is 39.9 Å². The zero-order valence-electron chi connectivity index (χ0n) is 20.5. The van der Waals surface area contributed by atoms with Crippen LogP contribution in [0.15, 0.2) is 114 Å². The summed E-state index contributed by atoms with van der Waals surface area (Å²) in [6.07, 6.45) is 0. The van der Waals surface area contributed by atoms with E-state index in [1.807, 2.05) is 74.5 Å². The summed E-state index contributed by atoms with van der Waals surface area (Å²) < 4.78 is 29.1. The van der Waals surface area contributed by atoms with E-state index >= 15 is 0 Å². The zero-order chi connectivity index (χ0) is 25.5. The van der Waals surface area contributed by atoms with Gasteiger partial charge in [0.15, 0.2) is 0 Å². The lowest BCUT2D eigenvalue weighted by Crippen LogP contribution is -2.34. The smallest absolute Gasteiger partial charge is 0.264 e. The van der Waals surface area contributed by atoms with Gasteiger partial charge in [0.1, 0.15) is 0 Å². The van der Waals surface area contributed by atoms with E-state index in [-0.39, 0.29) is 23.3 Å². The summed E-state index contributed by atoms with van der Waals surface area (Å²) in [6.45, 7) is 4.49. The number of nitrogens with one attached hydrogen (secondary N) is 1. The second-order valence-corrected chi connectivity index (χ2v) is 10.7. The zero-order valence-corrected chi connectivity index (χ0v) is 21.3. The Hall–Kier alpha value is -3.90. The van der Waals surface area contributed by atoms with Crippen LogP contribution in [-0.4, -0.2) is 20.9 Å². The Morgan fingerprint density at radius 1 is 0.806 bits per heavy atom. The van der Waals surface area contributed by atoms with Crippen molar-refractivity contribution >= 4 is 21.6 Å². The summed E-state index contributed by atoms with van der Waals surface area (Å²) in [6, 6.07) is 33.0. The van der Waals surface area contributed by atoms with Crippen LogP contribution in [0.3, 0.4) is 0 Å². The molecule has 4 rings (SSSR count). The lowest BCUT2D eigenvalue weighted by Gasteiger charge is -2.27. The largest absolute Gasteiger partial charge is 0.351 e. The second kappa shape index (κ2) is 11.2. The fourth-order valence-corrected chi connectivity index (χ4v) is 5.48. The topological polar surface area (TPSA) is 66.5 Å². The molecule has 0 aliphatic carbocycles. The SMILES string of the molecule is Cc1ccc(S(=O)(=O)N(Cc2ccccc2)c2ccccc2C(=O)NC[C@H](C)c2ccccc2)cc1. The van der Waals surface area contributed by atoms with Crippen LogP contribution in [0.25, 0.3) is 0 Å². The summed E-state index contributed by atoms with van der Waals surface area (Å²) in [4.78, 5) is 13.5. The van der Waals surface area contributed by atoms with Gasteiger partial charge in [-0.1, -0.05) is 97.4 Å². The molecule has 6 heteroatoms. The van der Waals surface area contributed by atoms with Crippen molar-refractivity contribution in [3.63, 3.8) is 0 Å². The van der Waals surface area contributed by atoms with Crippen molar-refractivity contribution in [2.45, 2.75) is 31.2 Å². The van der Waals surface area contributed by atoms with E-state index in [0.717, 1.165) is 16.7 Å². The lowest BCUT2D eigenvalue weighted by atomic mass is 10.0. The van der Waals surface area contributed by atoms with Crippen molar-refractivity contribution in [3.8, 4) is 0 Å². The van der Waals surface area contributed by atoms with Crippen molar-refractivity contribution in [3.05, 3.63) is 131 Å². The highest BCUT2D eigenvalue weighted by atomic mass is 32.2. The Balaban J connectivity index is 1.68. The average Bonchev–Trinajstić information content (AvgIpc) is 2.91. The van der Waals surface area contributed by atoms with Gasteiger partial charge in [-0.2, -0.15) is 0 Å². The lowest BCUT2D eigenvalue weighted by molar-refractivity contribution is 0.0952. The van der Waals surface area contributed by atoms with E-state index in [1.54, 1.807) is 48.5 Å². The van der Waals surface area contributed by atoms with E-state index < -0.39 is 10.0 Å². The van der Waals surface area contributed by atoms with E-state index in [4.69, 9.17) is 0 Å². The minimum Gasteiger partial charge on any atom is -0.351 e. The number of hydrogen-bond acceptors (Lipinski definition) is 3. The number of sulfonamides is 1. The Morgan fingerprint density at radius 2 is 1.39 bits per heavy atom. The number of hydrogen-bond donors (Lipinski definition) is 1. The van der Waals surface area contributed by atoms with Crippen LogP contribution in [0.2, 0.25) is 0 Å². The summed E-state index contributed by atoms with van der Waals surface area (Å²) in [7, 11) is -3.95. The van der Waals surface area contributed by atoms with Crippen LogP contribution >= 0.6 is 0 Å². The summed E-state index contributed by atoms with van der Waals surface area (Å²) >= 11 is 0. The third kappa shape index (κ3) is 5.83. The number of benzene rings is 4. The number of amides is 1. The molecule has 5 nitrogen and oxygen atoms in total. The molecule has 0 bridgehead atoms. The quantitative estimate of drug-likeness (QED) is 0.311. The Bertz CT molecular complexity index is 1400. The first kappa shape index (κ1) is 25.2. The third-order valence-corrected chi connectivity index (χ3v) is 7.91. The molecule has 0 saturated heterocycles. The molecule has 0 aromatic heterocycles. The maximum absolute atomic E-state index is 13.9. The average molecular weight is 499 g/mol. The fourth-order valence-electron chi connectivity index (χ4n) is 4.01. The molecular formula is C30H30N2O3S. The van der Waals surface area contributed by atoms with Crippen molar-refractivity contribution in [1.29, 1.82) is 0 Å². The van der Waals surface area contributed by atoms with Gasteiger partial charge >= 0.3 is 0 Å². The molecule has 0 spiro atoms. The molecule has 1 atom stereocenters. The van der Waals surface area contributed by atoms with Crippen molar-refractivity contribution in [2.75, 3.05) is 10.8 Å². The number of carbonyl (C=O) groups is 1. The van der Waals surface area contributed by atoms with Crippen molar-refractivity contribution in [1.82, 2.24) is 5.32 Å². The minimum atomic E-state index is -3.95. The molecule has 1 N–H and O–H groups in total. The molecule has 0 saturated carbocycles. The first-order chi connectivity index (χ1) is 17.4. The van der Waals surface area contributed by atoms with Gasteiger partial charge < -0.3 is 5.32 Å². The van der Waals surface area contributed by atoms with Crippen LogP contribution in [-0.2, 0) is 16.6 Å². The number of anilines is 1. The number of rotatable bonds is 9. The van der Waals surface area contributed by atoms with Crippen molar-refractivity contribution in [2.24, 2.45) is 0 Å². The van der Waals surface area contributed by atoms with Gasteiger partial charge in [-0.25, -0.2) is 8.42 Å². The molecule has 0 unspecified atom stereocenters. The maximum Gasteiger partial charge on any atom is 0.264 e. The molecule has 0 aliphatic rings. The standard InChI is InChI=1S/C30H30N2O3S/c1-23-17-19-27(20-18-23)36(34,35)32(22-25-11-5-3-6-12-25)29-16-10-9-15-28(29)30(33)31-21-24(2)26-13-7-4-8-14-26/h3-20,24H,21-22H2,1-2H3,(H,31,33)/t24-/m0/s1. The van der Waals surface area contributed by atoms with Crippen LogP contribution in [0, 0.1) is 6.92 Å². The molecule has 4 aromatic carbocycles. The Kier molecular flexibility index (Phi) is 7.86. The van der Waals surface area contributed by atoms with Gasteiger partial charge in [0.2, 0.25) is 0 Å². The highest BCUT2D eigenvalue weighted by molar-refractivity contribution is 7.92. The first-order valence-corrected chi connectivity index (χ1v) is 13.4. The van der Waals surface area contributed by atoms with Crippen molar-refractivity contribution < 1.29 is 13.2 Å². The van der Waals surface area contributed by atoms with Crippen LogP contribution in [0.5, 0.6) is 0 Å². The Morgan fingerprint density at radius 3 is 2.06 bits per heavy atom. The van der Waals surface area contributed by atoms with Gasteiger partial charge in [-0.05, 0) is 48.2 Å². The molecule has 36 heavy (non-hydrogen) atoms. The number of aryl methyl sites for hydroxylation is 1. The van der Waals surface area contributed by atoms with Gasteiger partial charge in [-0.3, -0.25) is 9.10 Å². The molecule has 184 valence electrons. The van der Waals surface area contributed by atoms with Crippen LogP contribution < -0.4 is 9.62 Å². The fraction of sp³-hybridized carbons (Fsp3) is 0.167. The van der Waals surface area contributed by atoms with E-state index in [0.29, 0.717) is 17.8 Å². The first-order valence-electron chi connectivity index (χ1n) is 11.9. The molecule has 1 amide bonds. The second-order valence-electron chi connectivity index (χ2n) is 8.85.